The van der Waals surface area contributed by atoms with Crippen LogP contribution in [0.1, 0.15) is 31.4 Å². The molecule has 4 nitrogen and oxygen atoms in total. The Morgan fingerprint density at radius 3 is 2.46 bits per heavy atom. The molecule has 144 valence electrons. The van der Waals surface area contributed by atoms with Gasteiger partial charge in [0.15, 0.2) is 0 Å². The molecule has 4 rings (SSSR count). The summed E-state index contributed by atoms with van der Waals surface area (Å²) in [6, 6.07) is 12.8. The van der Waals surface area contributed by atoms with Gasteiger partial charge >= 0.3 is 0 Å². The van der Waals surface area contributed by atoms with Crippen molar-refractivity contribution in [2.24, 2.45) is 0 Å². The van der Waals surface area contributed by atoms with E-state index in [9.17, 15) is 9.59 Å². The summed E-state index contributed by atoms with van der Waals surface area (Å²) in [5.41, 5.74) is 3.42. The van der Waals surface area contributed by atoms with Crippen LogP contribution in [0.15, 0.2) is 48.2 Å². The van der Waals surface area contributed by atoms with E-state index in [2.05, 4.69) is 6.07 Å². The van der Waals surface area contributed by atoms with Gasteiger partial charge in [-0.05, 0) is 50.5 Å². The normalized spacial score (nSPS) is 17.0. The summed E-state index contributed by atoms with van der Waals surface area (Å²) in [7, 11) is 0. The van der Waals surface area contributed by atoms with Crippen LogP contribution in [0.5, 0.6) is 0 Å². The quantitative estimate of drug-likeness (QED) is 0.668. The van der Waals surface area contributed by atoms with Crippen LogP contribution in [-0.2, 0) is 16.0 Å². The molecule has 2 aromatic rings. The molecular formula is C22H20Cl2N2O2. The molecule has 0 radical (unpaired) electrons. The predicted octanol–water partition coefficient (Wildman–Crippen LogP) is 4.93. The summed E-state index contributed by atoms with van der Waals surface area (Å²) in [5, 5.41) is 0.841. The number of hydrogen-bond acceptors (Lipinski definition) is 3. The van der Waals surface area contributed by atoms with Gasteiger partial charge in [0, 0.05) is 28.9 Å². The second-order valence-electron chi connectivity index (χ2n) is 7.31. The second kappa shape index (κ2) is 7.26. The van der Waals surface area contributed by atoms with Gasteiger partial charge in [0.2, 0.25) is 0 Å². The fourth-order valence-electron chi connectivity index (χ4n) is 3.96. The maximum atomic E-state index is 13.4. The number of benzene rings is 2. The lowest BCUT2D eigenvalue weighted by atomic mass is 9.98. The fourth-order valence-corrected chi connectivity index (χ4v) is 4.46. The van der Waals surface area contributed by atoms with Crippen LogP contribution in [0.4, 0.5) is 5.69 Å². The van der Waals surface area contributed by atoms with Crippen molar-refractivity contribution in [3.8, 4) is 0 Å². The van der Waals surface area contributed by atoms with Crippen molar-refractivity contribution in [2.75, 3.05) is 11.4 Å². The molecule has 0 spiro atoms. The number of nitrogens with zero attached hydrogens (tertiary/aromatic N) is 2. The first kappa shape index (κ1) is 19.0. The van der Waals surface area contributed by atoms with Gasteiger partial charge in [-0.15, -0.1) is 0 Å². The monoisotopic (exact) mass is 414 g/mol. The zero-order valence-electron chi connectivity index (χ0n) is 15.7. The first-order valence-electron chi connectivity index (χ1n) is 9.33. The Labute approximate surface area is 174 Å². The molecular weight excluding hydrogens is 395 g/mol. The van der Waals surface area contributed by atoms with E-state index in [1.54, 1.807) is 18.2 Å². The van der Waals surface area contributed by atoms with Gasteiger partial charge in [0.05, 0.1) is 10.6 Å². The van der Waals surface area contributed by atoms with E-state index < -0.39 is 0 Å². The van der Waals surface area contributed by atoms with Crippen LogP contribution >= 0.6 is 23.2 Å². The minimum atomic E-state index is -0.317. The van der Waals surface area contributed by atoms with Crippen molar-refractivity contribution in [1.82, 2.24) is 4.90 Å². The van der Waals surface area contributed by atoms with Crippen LogP contribution < -0.4 is 4.90 Å². The largest absolute Gasteiger partial charge is 0.336 e. The highest BCUT2D eigenvalue weighted by atomic mass is 35.5. The van der Waals surface area contributed by atoms with E-state index in [0.717, 1.165) is 18.5 Å². The average molecular weight is 415 g/mol. The molecule has 2 aliphatic heterocycles. The molecule has 2 aromatic carbocycles. The molecule has 6 heteroatoms. The molecule has 0 aromatic heterocycles. The number of fused-ring (bicyclic) bond motifs is 1. The maximum Gasteiger partial charge on any atom is 0.278 e. The van der Waals surface area contributed by atoms with Crippen molar-refractivity contribution in [3.63, 3.8) is 0 Å². The Bertz CT molecular complexity index is 1010. The Morgan fingerprint density at radius 1 is 1.00 bits per heavy atom. The van der Waals surface area contributed by atoms with E-state index >= 15 is 0 Å². The molecule has 0 N–H and O–H groups in total. The van der Waals surface area contributed by atoms with Gasteiger partial charge in [0.1, 0.15) is 5.70 Å². The van der Waals surface area contributed by atoms with E-state index in [4.69, 9.17) is 23.2 Å². The number of carbonyl (C=O) groups excluding carboxylic acids is 2. The summed E-state index contributed by atoms with van der Waals surface area (Å²) >= 11 is 12.5. The summed E-state index contributed by atoms with van der Waals surface area (Å²) in [6.45, 7) is 4.35. The van der Waals surface area contributed by atoms with Crippen molar-refractivity contribution in [1.29, 1.82) is 0 Å². The number of amides is 2. The van der Waals surface area contributed by atoms with Gasteiger partial charge in [-0.1, -0.05) is 47.5 Å². The van der Waals surface area contributed by atoms with E-state index in [1.165, 1.54) is 10.5 Å². The number of aryl methyl sites for hydroxylation is 1. The minimum Gasteiger partial charge on any atom is -0.336 e. The third kappa shape index (κ3) is 3.01. The number of carbonyl (C=O) groups is 2. The summed E-state index contributed by atoms with van der Waals surface area (Å²) in [4.78, 5) is 29.9. The van der Waals surface area contributed by atoms with Crippen molar-refractivity contribution in [2.45, 2.75) is 32.7 Å². The lowest BCUT2D eigenvalue weighted by molar-refractivity contribution is -0.138. The third-order valence-corrected chi connectivity index (χ3v) is 5.74. The topological polar surface area (TPSA) is 40.6 Å². The van der Waals surface area contributed by atoms with Crippen molar-refractivity contribution >= 4 is 46.3 Å². The smallest absolute Gasteiger partial charge is 0.278 e. The van der Waals surface area contributed by atoms with Crippen LogP contribution in [0.3, 0.4) is 0 Å². The first-order chi connectivity index (χ1) is 13.4. The van der Waals surface area contributed by atoms with Gasteiger partial charge < -0.3 is 4.90 Å². The van der Waals surface area contributed by atoms with E-state index in [0.29, 0.717) is 33.4 Å². The second-order valence-corrected chi connectivity index (χ2v) is 8.15. The SMILES string of the molecule is CC(C)N1C(=O)C(c2ccc(Cl)cc2Cl)=C(N2CCCc3ccccc32)C1=O. The Kier molecular flexibility index (Phi) is 4.94. The fraction of sp³-hybridized carbons (Fsp3) is 0.273. The molecule has 2 amide bonds. The third-order valence-electron chi connectivity index (χ3n) is 5.19. The highest BCUT2D eigenvalue weighted by molar-refractivity contribution is 6.41. The molecule has 0 atom stereocenters. The number of anilines is 1. The zero-order chi connectivity index (χ0) is 20.0. The lowest BCUT2D eigenvalue weighted by Crippen LogP contribution is -2.40. The molecule has 0 saturated carbocycles. The number of imide groups is 1. The molecule has 0 saturated heterocycles. The highest BCUT2D eigenvalue weighted by Gasteiger charge is 2.44. The van der Waals surface area contributed by atoms with Crippen molar-refractivity contribution < 1.29 is 9.59 Å². The number of rotatable bonds is 3. The summed E-state index contributed by atoms with van der Waals surface area (Å²) < 4.78 is 0. The summed E-state index contributed by atoms with van der Waals surface area (Å²) in [5.74, 6) is -0.597. The standard InChI is InChI=1S/C22H20Cl2N2O2/c1-13(2)26-21(27)19(16-10-9-15(23)12-17(16)24)20(22(26)28)25-11-5-7-14-6-3-4-8-18(14)25/h3-4,6,8-10,12-13H,5,7,11H2,1-2H3. The molecule has 2 heterocycles. The van der Waals surface area contributed by atoms with Gasteiger partial charge in [-0.25, -0.2) is 0 Å². The van der Waals surface area contributed by atoms with Crippen LogP contribution in [-0.4, -0.2) is 29.3 Å². The zero-order valence-corrected chi connectivity index (χ0v) is 17.2. The van der Waals surface area contributed by atoms with Gasteiger partial charge in [-0.3, -0.25) is 14.5 Å². The molecule has 0 aliphatic carbocycles. The highest BCUT2D eigenvalue weighted by Crippen LogP contribution is 2.40. The number of halogens is 2. The Morgan fingerprint density at radius 2 is 1.75 bits per heavy atom. The number of hydrogen-bond donors (Lipinski definition) is 0. The molecule has 0 bridgehead atoms. The first-order valence-corrected chi connectivity index (χ1v) is 10.1. The average Bonchev–Trinajstić information content (AvgIpc) is 2.91. The van der Waals surface area contributed by atoms with Crippen molar-refractivity contribution in [3.05, 3.63) is 69.3 Å². The predicted molar refractivity (Wildman–Crippen MR) is 112 cm³/mol. The number of para-hydroxylation sites is 1. The molecule has 2 aliphatic rings. The Hall–Kier alpha value is -2.30. The van der Waals surface area contributed by atoms with E-state index in [1.807, 2.05) is 36.9 Å². The van der Waals surface area contributed by atoms with Crippen LogP contribution in [0.2, 0.25) is 10.0 Å². The lowest BCUT2D eigenvalue weighted by Gasteiger charge is -2.32. The summed E-state index contributed by atoms with van der Waals surface area (Å²) in [6.07, 6.45) is 1.86. The minimum absolute atomic E-state index is 0.251. The maximum absolute atomic E-state index is 13.4. The molecule has 0 unspecified atom stereocenters. The van der Waals surface area contributed by atoms with Gasteiger partial charge in [-0.2, -0.15) is 0 Å². The molecule has 0 fully saturated rings. The van der Waals surface area contributed by atoms with E-state index in [-0.39, 0.29) is 17.9 Å². The molecule has 28 heavy (non-hydrogen) atoms. The van der Waals surface area contributed by atoms with Crippen LogP contribution in [0, 0.1) is 0 Å². The van der Waals surface area contributed by atoms with Gasteiger partial charge in [0.25, 0.3) is 11.8 Å². The Balaban J connectivity index is 1.95. The van der Waals surface area contributed by atoms with Crippen LogP contribution in [0.25, 0.3) is 5.57 Å².